The van der Waals surface area contributed by atoms with Gasteiger partial charge in [-0.05, 0) is 36.6 Å². The van der Waals surface area contributed by atoms with Crippen molar-refractivity contribution in [1.82, 2.24) is 5.32 Å². The van der Waals surface area contributed by atoms with Gasteiger partial charge in [0.2, 0.25) is 11.8 Å². The Balaban J connectivity index is 1.84. The van der Waals surface area contributed by atoms with E-state index in [1.54, 1.807) is 18.1 Å². The lowest BCUT2D eigenvalue weighted by molar-refractivity contribution is -0.117. The normalized spacial score (nSPS) is 14.8. The standard InChI is InChI=1S/C17H22N2O3/c1-22-13-3-11-18-16(20)10-7-14-5-8-15(9-6-14)19-12-2-4-17(19)21/h5-10H,2-4,11-13H2,1H3,(H,18,20)/b10-7+. The highest BCUT2D eigenvalue weighted by Gasteiger charge is 2.21. The van der Waals surface area contributed by atoms with Crippen LogP contribution in [0.25, 0.3) is 6.08 Å². The molecule has 0 bridgehead atoms. The van der Waals surface area contributed by atoms with E-state index in [0.717, 1.165) is 30.6 Å². The number of carbonyl (C=O) groups excluding carboxylic acids is 2. The Bertz CT molecular complexity index is 537. The summed E-state index contributed by atoms with van der Waals surface area (Å²) in [5.74, 6) is 0.0635. The minimum Gasteiger partial charge on any atom is -0.385 e. The molecule has 0 radical (unpaired) electrons. The number of anilines is 1. The third-order valence-corrected chi connectivity index (χ3v) is 3.53. The van der Waals surface area contributed by atoms with Crippen LogP contribution < -0.4 is 10.2 Å². The van der Waals surface area contributed by atoms with Crippen LogP contribution in [-0.2, 0) is 14.3 Å². The van der Waals surface area contributed by atoms with Gasteiger partial charge in [0.05, 0.1) is 0 Å². The Labute approximate surface area is 130 Å². The summed E-state index contributed by atoms with van der Waals surface area (Å²) in [4.78, 5) is 25.1. The van der Waals surface area contributed by atoms with Crippen LogP contribution in [0.4, 0.5) is 5.69 Å². The van der Waals surface area contributed by atoms with Crippen molar-refractivity contribution in [2.24, 2.45) is 0 Å². The van der Waals surface area contributed by atoms with Gasteiger partial charge in [-0.15, -0.1) is 0 Å². The zero-order chi connectivity index (χ0) is 15.8. The Morgan fingerprint density at radius 1 is 1.36 bits per heavy atom. The number of amides is 2. The Hall–Kier alpha value is -2.14. The molecule has 1 N–H and O–H groups in total. The molecule has 0 atom stereocenters. The SMILES string of the molecule is COCCCNC(=O)/C=C/c1ccc(N2CCCC2=O)cc1. The second-order valence-electron chi connectivity index (χ2n) is 5.21. The van der Waals surface area contributed by atoms with E-state index in [4.69, 9.17) is 4.74 Å². The lowest BCUT2D eigenvalue weighted by Gasteiger charge is -2.15. The van der Waals surface area contributed by atoms with Crippen molar-refractivity contribution in [3.8, 4) is 0 Å². The number of hydrogen-bond donors (Lipinski definition) is 1. The molecule has 0 aliphatic carbocycles. The molecule has 0 saturated carbocycles. The van der Waals surface area contributed by atoms with Crippen LogP contribution in [0.15, 0.2) is 30.3 Å². The number of hydrogen-bond acceptors (Lipinski definition) is 3. The van der Waals surface area contributed by atoms with E-state index >= 15 is 0 Å². The van der Waals surface area contributed by atoms with Crippen LogP contribution in [0.1, 0.15) is 24.8 Å². The summed E-state index contributed by atoms with van der Waals surface area (Å²) in [6, 6.07) is 7.66. The fraction of sp³-hybridized carbons (Fsp3) is 0.412. The molecule has 2 amide bonds. The van der Waals surface area contributed by atoms with Gasteiger partial charge < -0.3 is 15.0 Å². The van der Waals surface area contributed by atoms with Crippen molar-refractivity contribution < 1.29 is 14.3 Å². The van der Waals surface area contributed by atoms with Crippen LogP contribution >= 0.6 is 0 Å². The van der Waals surface area contributed by atoms with E-state index in [-0.39, 0.29) is 11.8 Å². The molecule has 0 unspecified atom stereocenters. The van der Waals surface area contributed by atoms with Crippen molar-refractivity contribution in [2.45, 2.75) is 19.3 Å². The number of nitrogens with one attached hydrogen (secondary N) is 1. The molecule has 2 rings (SSSR count). The molecule has 1 saturated heterocycles. The van der Waals surface area contributed by atoms with Gasteiger partial charge >= 0.3 is 0 Å². The molecule has 22 heavy (non-hydrogen) atoms. The summed E-state index contributed by atoms with van der Waals surface area (Å²) >= 11 is 0. The monoisotopic (exact) mass is 302 g/mol. The first-order valence-electron chi connectivity index (χ1n) is 7.56. The molecule has 118 valence electrons. The number of carbonyl (C=O) groups is 2. The molecule has 1 fully saturated rings. The third kappa shape index (κ3) is 4.70. The summed E-state index contributed by atoms with van der Waals surface area (Å²) in [5.41, 5.74) is 1.85. The van der Waals surface area contributed by atoms with E-state index in [9.17, 15) is 9.59 Å². The number of methoxy groups -OCH3 is 1. The van der Waals surface area contributed by atoms with Gasteiger partial charge in [-0.25, -0.2) is 0 Å². The summed E-state index contributed by atoms with van der Waals surface area (Å²) < 4.78 is 4.92. The largest absolute Gasteiger partial charge is 0.385 e. The maximum atomic E-state index is 11.7. The first kappa shape index (κ1) is 16.2. The summed E-state index contributed by atoms with van der Waals surface area (Å²) in [7, 11) is 1.64. The van der Waals surface area contributed by atoms with E-state index in [0.29, 0.717) is 19.6 Å². The predicted octanol–water partition coefficient (Wildman–Crippen LogP) is 1.98. The Morgan fingerprint density at radius 2 is 2.14 bits per heavy atom. The van der Waals surface area contributed by atoms with E-state index < -0.39 is 0 Å². The predicted molar refractivity (Wildman–Crippen MR) is 86.6 cm³/mol. The van der Waals surface area contributed by atoms with E-state index in [1.807, 2.05) is 24.3 Å². The number of ether oxygens (including phenoxy) is 1. The van der Waals surface area contributed by atoms with Gasteiger partial charge in [-0.3, -0.25) is 9.59 Å². The summed E-state index contributed by atoms with van der Waals surface area (Å²) in [6.07, 6.45) is 5.63. The van der Waals surface area contributed by atoms with Crippen molar-refractivity contribution in [2.75, 3.05) is 31.7 Å². The summed E-state index contributed by atoms with van der Waals surface area (Å²) in [5, 5.41) is 2.79. The second-order valence-corrected chi connectivity index (χ2v) is 5.21. The van der Waals surface area contributed by atoms with Gasteiger partial charge in [-0.2, -0.15) is 0 Å². The van der Waals surface area contributed by atoms with Crippen LogP contribution in [0.5, 0.6) is 0 Å². The second kappa shape index (κ2) is 8.34. The van der Waals surface area contributed by atoms with Crippen molar-refractivity contribution in [3.63, 3.8) is 0 Å². The highest BCUT2D eigenvalue weighted by atomic mass is 16.5. The molecule has 0 spiro atoms. The van der Waals surface area contributed by atoms with Gasteiger partial charge in [0.25, 0.3) is 0 Å². The molecule has 1 aromatic carbocycles. The highest BCUT2D eigenvalue weighted by molar-refractivity contribution is 5.95. The smallest absolute Gasteiger partial charge is 0.244 e. The number of rotatable bonds is 7. The van der Waals surface area contributed by atoms with Gasteiger partial charge in [0.15, 0.2) is 0 Å². The lowest BCUT2D eigenvalue weighted by atomic mass is 10.2. The van der Waals surface area contributed by atoms with E-state index in [2.05, 4.69) is 5.32 Å². The van der Waals surface area contributed by atoms with Gasteiger partial charge in [0, 0.05) is 45.0 Å². The topological polar surface area (TPSA) is 58.6 Å². The Morgan fingerprint density at radius 3 is 2.77 bits per heavy atom. The molecular weight excluding hydrogens is 280 g/mol. The van der Waals surface area contributed by atoms with Crippen molar-refractivity contribution in [1.29, 1.82) is 0 Å². The molecule has 1 aliphatic heterocycles. The fourth-order valence-corrected chi connectivity index (χ4v) is 2.35. The molecular formula is C17H22N2O3. The van der Waals surface area contributed by atoms with Gasteiger partial charge in [-0.1, -0.05) is 12.1 Å². The zero-order valence-electron chi connectivity index (χ0n) is 12.9. The maximum Gasteiger partial charge on any atom is 0.244 e. The number of nitrogens with zero attached hydrogens (tertiary/aromatic N) is 1. The van der Waals surface area contributed by atoms with Crippen LogP contribution in [0, 0.1) is 0 Å². The van der Waals surface area contributed by atoms with Crippen LogP contribution in [-0.4, -0.2) is 38.6 Å². The lowest BCUT2D eigenvalue weighted by Crippen LogP contribution is -2.23. The average Bonchev–Trinajstić information content (AvgIpc) is 2.96. The molecule has 0 aromatic heterocycles. The average molecular weight is 302 g/mol. The minimum absolute atomic E-state index is 0.116. The highest BCUT2D eigenvalue weighted by Crippen LogP contribution is 2.21. The molecule has 5 heteroatoms. The van der Waals surface area contributed by atoms with Crippen molar-refractivity contribution >= 4 is 23.6 Å². The first-order chi connectivity index (χ1) is 10.7. The van der Waals surface area contributed by atoms with E-state index in [1.165, 1.54) is 6.08 Å². The van der Waals surface area contributed by atoms with Crippen LogP contribution in [0.2, 0.25) is 0 Å². The molecule has 1 aliphatic rings. The molecule has 5 nitrogen and oxygen atoms in total. The maximum absolute atomic E-state index is 11.7. The Kier molecular flexibility index (Phi) is 6.15. The number of benzene rings is 1. The zero-order valence-corrected chi connectivity index (χ0v) is 12.9. The van der Waals surface area contributed by atoms with Crippen molar-refractivity contribution in [3.05, 3.63) is 35.9 Å². The summed E-state index contributed by atoms with van der Waals surface area (Å²) in [6.45, 7) is 2.03. The molecule has 1 heterocycles. The van der Waals surface area contributed by atoms with Crippen LogP contribution in [0.3, 0.4) is 0 Å². The first-order valence-corrected chi connectivity index (χ1v) is 7.56. The minimum atomic E-state index is -0.116. The quantitative estimate of drug-likeness (QED) is 0.619. The molecule has 1 aromatic rings. The van der Waals surface area contributed by atoms with Gasteiger partial charge in [0.1, 0.15) is 0 Å². The fourth-order valence-electron chi connectivity index (χ4n) is 2.35. The third-order valence-electron chi connectivity index (χ3n) is 3.53.